The Morgan fingerprint density at radius 2 is 2.28 bits per heavy atom. The van der Waals surface area contributed by atoms with Crippen LogP contribution in [-0.4, -0.2) is 59.6 Å². The highest BCUT2D eigenvalue weighted by atomic mass is 35.5. The molecule has 1 aromatic carbocycles. The van der Waals surface area contributed by atoms with Crippen molar-refractivity contribution >= 4 is 42.5 Å². The fraction of sp³-hybridized carbons (Fsp3) is 0.529. The number of rotatable bonds is 4. The van der Waals surface area contributed by atoms with Gasteiger partial charge in [0, 0.05) is 31.4 Å². The summed E-state index contributed by atoms with van der Waals surface area (Å²) in [5.74, 6) is 2.13. The predicted molar refractivity (Wildman–Crippen MR) is 106 cm³/mol. The minimum Gasteiger partial charge on any atom is -0.331 e. The second-order valence-corrected chi connectivity index (χ2v) is 7.29. The van der Waals surface area contributed by atoms with Crippen LogP contribution in [0.15, 0.2) is 24.3 Å². The van der Waals surface area contributed by atoms with Crippen molar-refractivity contribution in [3.63, 3.8) is 0 Å². The van der Waals surface area contributed by atoms with E-state index in [1.54, 1.807) is 0 Å². The van der Waals surface area contributed by atoms with Crippen LogP contribution in [0.4, 0.5) is 0 Å². The first-order valence-electron chi connectivity index (χ1n) is 7.96. The van der Waals surface area contributed by atoms with E-state index >= 15 is 0 Å². The monoisotopic (exact) mass is 402 g/mol. The number of halogens is 2. The topological polar surface area (TPSA) is 59.4 Å². The van der Waals surface area contributed by atoms with Crippen LogP contribution in [0.1, 0.15) is 17.5 Å². The number of hydrogen-bond acceptors (Lipinski definition) is 5. The molecule has 2 saturated heterocycles. The standard InChI is InChI=1S/C17H22N4OS.2ClH/c1-20(11-14-4-2-3-13(7-14)9-18)15-8-16(19-10-15)17(22)21-5-6-23-12-21;;/h2-4,7,15-16,19H,5-6,8,10-12H2,1H3;2*1H/t15-,16-;;/m0../s1. The molecule has 138 valence electrons. The minimum absolute atomic E-state index is 0. The number of amides is 1. The van der Waals surface area contributed by atoms with Gasteiger partial charge in [0.05, 0.1) is 23.6 Å². The van der Waals surface area contributed by atoms with Crippen LogP contribution >= 0.6 is 36.6 Å². The molecule has 2 heterocycles. The summed E-state index contributed by atoms with van der Waals surface area (Å²) in [7, 11) is 2.09. The molecule has 0 saturated carbocycles. The first-order valence-corrected chi connectivity index (χ1v) is 9.12. The van der Waals surface area contributed by atoms with E-state index in [-0.39, 0.29) is 36.8 Å². The number of carbonyl (C=O) groups excluding carboxylic acids is 1. The highest BCUT2D eigenvalue weighted by molar-refractivity contribution is 7.99. The smallest absolute Gasteiger partial charge is 0.240 e. The molecule has 2 atom stereocenters. The van der Waals surface area contributed by atoms with Gasteiger partial charge >= 0.3 is 0 Å². The molecule has 2 fully saturated rings. The van der Waals surface area contributed by atoms with Gasteiger partial charge in [0.1, 0.15) is 0 Å². The second-order valence-electron chi connectivity index (χ2n) is 6.22. The van der Waals surface area contributed by atoms with Gasteiger partial charge in [-0.05, 0) is 31.2 Å². The van der Waals surface area contributed by atoms with Crippen LogP contribution in [0.5, 0.6) is 0 Å². The van der Waals surface area contributed by atoms with Gasteiger partial charge in [-0.25, -0.2) is 0 Å². The maximum atomic E-state index is 12.5. The van der Waals surface area contributed by atoms with Crippen LogP contribution in [0.25, 0.3) is 0 Å². The molecule has 1 N–H and O–H groups in total. The van der Waals surface area contributed by atoms with Gasteiger partial charge in [0.15, 0.2) is 0 Å². The van der Waals surface area contributed by atoms with Crippen LogP contribution in [0.2, 0.25) is 0 Å². The summed E-state index contributed by atoms with van der Waals surface area (Å²) in [5, 5.41) is 12.4. The highest BCUT2D eigenvalue weighted by Crippen LogP contribution is 2.20. The van der Waals surface area contributed by atoms with Gasteiger partial charge in [-0.3, -0.25) is 9.69 Å². The lowest BCUT2D eigenvalue weighted by Gasteiger charge is -2.24. The zero-order valence-corrected chi connectivity index (χ0v) is 16.6. The molecule has 0 unspecified atom stereocenters. The number of likely N-dealkylation sites (N-methyl/N-ethyl adjacent to an activating group) is 1. The normalized spacial score (nSPS) is 22.2. The number of nitriles is 1. The maximum Gasteiger partial charge on any atom is 0.240 e. The van der Waals surface area contributed by atoms with Crippen molar-refractivity contribution < 1.29 is 4.79 Å². The van der Waals surface area contributed by atoms with Gasteiger partial charge < -0.3 is 10.2 Å². The van der Waals surface area contributed by atoms with E-state index in [1.165, 1.54) is 0 Å². The van der Waals surface area contributed by atoms with Crippen LogP contribution in [0.3, 0.4) is 0 Å². The van der Waals surface area contributed by atoms with Gasteiger partial charge in [-0.15, -0.1) is 36.6 Å². The Bertz CT molecular complexity index is 619. The van der Waals surface area contributed by atoms with Crippen molar-refractivity contribution in [1.82, 2.24) is 15.1 Å². The molecule has 0 bridgehead atoms. The number of nitrogens with zero attached hydrogens (tertiary/aromatic N) is 3. The zero-order valence-electron chi connectivity index (χ0n) is 14.2. The third-order valence-corrected chi connectivity index (χ3v) is 5.55. The Morgan fingerprint density at radius 1 is 1.48 bits per heavy atom. The molecule has 2 aliphatic rings. The summed E-state index contributed by atoms with van der Waals surface area (Å²) in [5.41, 5.74) is 1.83. The van der Waals surface area contributed by atoms with Crippen LogP contribution in [-0.2, 0) is 11.3 Å². The minimum atomic E-state index is -0.0495. The number of carbonyl (C=O) groups is 1. The summed E-state index contributed by atoms with van der Waals surface area (Å²) in [4.78, 5) is 16.7. The number of nitrogens with one attached hydrogen (secondary N) is 1. The number of thioether (sulfide) groups is 1. The average molecular weight is 403 g/mol. The molecule has 5 nitrogen and oxygen atoms in total. The highest BCUT2D eigenvalue weighted by Gasteiger charge is 2.34. The molecule has 2 aliphatic heterocycles. The maximum absolute atomic E-state index is 12.5. The van der Waals surface area contributed by atoms with Gasteiger partial charge in [0.25, 0.3) is 0 Å². The van der Waals surface area contributed by atoms with Gasteiger partial charge in [-0.1, -0.05) is 12.1 Å². The molecule has 0 spiro atoms. The summed E-state index contributed by atoms with van der Waals surface area (Å²) in [6, 6.07) is 10.2. The lowest BCUT2D eigenvalue weighted by atomic mass is 10.1. The van der Waals surface area contributed by atoms with E-state index in [0.717, 1.165) is 43.2 Å². The summed E-state index contributed by atoms with van der Waals surface area (Å²) in [6.45, 7) is 2.51. The molecule has 8 heteroatoms. The Hall–Kier alpha value is -0.970. The van der Waals surface area contributed by atoms with E-state index in [1.807, 2.05) is 40.9 Å². The molecule has 25 heavy (non-hydrogen) atoms. The van der Waals surface area contributed by atoms with Crippen LogP contribution < -0.4 is 5.32 Å². The third-order valence-electron chi connectivity index (χ3n) is 4.58. The molecular formula is C17H24Cl2N4OS. The fourth-order valence-corrected chi connectivity index (χ4v) is 4.16. The number of benzene rings is 1. The van der Waals surface area contributed by atoms with Crippen molar-refractivity contribution in [3.8, 4) is 6.07 Å². The molecular weight excluding hydrogens is 379 g/mol. The Balaban J connectivity index is 0.00000156. The van der Waals surface area contributed by atoms with Crippen molar-refractivity contribution in [2.24, 2.45) is 0 Å². The SMILES string of the molecule is CN(Cc1cccc(C#N)c1)[C@@H]1CN[C@H](C(=O)N2CCSC2)C1.Cl.Cl. The second kappa shape index (κ2) is 10.2. The molecule has 3 rings (SSSR count). The summed E-state index contributed by atoms with van der Waals surface area (Å²) < 4.78 is 0. The molecule has 0 aromatic heterocycles. The van der Waals surface area contributed by atoms with Gasteiger partial charge in [-0.2, -0.15) is 5.26 Å². The average Bonchev–Trinajstić information content (AvgIpc) is 3.26. The van der Waals surface area contributed by atoms with E-state index in [9.17, 15) is 4.79 Å². The van der Waals surface area contributed by atoms with E-state index in [2.05, 4.69) is 23.3 Å². The van der Waals surface area contributed by atoms with Crippen molar-refractivity contribution in [2.75, 3.05) is 31.8 Å². The van der Waals surface area contributed by atoms with Gasteiger partial charge in [0.2, 0.25) is 5.91 Å². The first kappa shape index (κ1) is 22.1. The quantitative estimate of drug-likeness (QED) is 0.835. The van der Waals surface area contributed by atoms with E-state index in [0.29, 0.717) is 11.6 Å². The Kier molecular flexibility index (Phi) is 9.04. The van der Waals surface area contributed by atoms with E-state index in [4.69, 9.17) is 5.26 Å². The Labute approximate surface area is 165 Å². The van der Waals surface area contributed by atoms with Crippen molar-refractivity contribution in [2.45, 2.75) is 25.0 Å². The fourth-order valence-electron chi connectivity index (χ4n) is 3.21. The largest absolute Gasteiger partial charge is 0.331 e. The third kappa shape index (κ3) is 5.50. The molecule has 1 aromatic rings. The van der Waals surface area contributed by atoms with E-state index < -0.39 is 0 Å². The predicted octanol–water partition coefficient (Wildman–Crippen LogP) is 2.10. The zero-order chi connectivity index (χ0) is 16.2. The lowest BCUT2D eigenvalue weighted by Crippen LogP contribution is -2.42. The van der Waals surface area contributed by atoms with Crippen molar-refractivity contribution in [1.29, 1.82) is 5.26 Å². The van der Waals surface area contributed by atoms with Crippen LogP contribution in [0, 0.1) is 11.3 Å². The lowest BCUT2D eigenvalue weighted by molar-refractivity contribution is -0.131. The Morgan fingerprint density at radius 3 is 2.96 bits per heavy atom. The molecule has 1 amide bonds. The summed E-state index contributed by atoms with van der Waals surface area (Å²) >= 11 is 1.82. The molecule has 0 aliphatic carbocycles. The summed E-state index contributed by atoms with van der Waals surface area (Å²) in [6.07, 6.45) is 0.856. The molecule has 0 radical (unpaired) electrons. The number of hydrogen-bond donors (Lipinski definition) is 1. The van der Waals surface area contributed by atoms with Crippen molar-refractivity contribution in [3.05, 3.63) is 35.4 Å². The first-order chi connectivity index (χ1) is 11.2.